The fourth-order valence-electron chi connectivity index (χ4n) is 1.59. The van der Waals surface area contributed by atoms with Gasteiger partial charge in [0.1, 0.15) is 5.69 Å². The maximum Gasteiger partial charge on any atom is 0.354 e. The lowest BCUT2D eigenvalue weighted by Gasteiger charge is -2.05. The summed E-state index contributed by atoms with van der Waals surface area (Å²) in [4.78, 5) is 14.3. The Balaban J connectivity index is 2.17. The summed E-state index contributed by atoms with van der Waals surface area (Å²) in [5.74, 6) is -0.530. The van der Waals surface area contributed by atoms with Gasteiger partial charge in [0, 0.05) is 6.20 Å². The van der Waals surface area contributed by atoms with Crippen molar-refractivity contribution in [1.82, 2.24) is 4.98 Å². The molecule has 2 N–H and O–H groups in total. The smallest absolute Gasteiger partial charge is 0.354 e. The van der Waals surface area contributed by atoms with Crippen molar-refractivity contribution in [2.45, 2.75) is 11.8 Å². The standard InChI is InChI=1S/C13H14N2O4S/c1-2-19-13(16)12-8-10(9-14-12)15-20(17,18)11-6-4-3-5-7-11/h3-9,14-15H,2H2,1H3. The van der Waals surface area contributed by atoms with Crippen LogP contribution < -0.4 is 4.72 Å². The van der Waals surface area contributed by atoms with Gasteiger partial charge in [0.15, 0.2) is 0 Å². The first-order valence-electron chi connectivity index (χ1n) is 5.96. The van der Waals surface area contributed by atoms with Gasteiger partial charge in [-0.3, -0.25) is 4.72 Å². The lowest BCUT2D eigenvalue weighted by atomic mass is 10.4. The van der Waals surface area contributed by atoms with Crippen LogP contribution >= 0.6 is 0 Å². The van der Waals surface area contributed by atoms with Crippen molar-refractivity contribution < 1.29 is 17.9 Å². The van der Waals surface area contributed by atoms with E-state index < -0.39 is 16.0 Å². The van der Waals surface area contributed by atoms with Crippen LogP contribution in [0.15, 0.2) is 47.5 Å². The predicted octanol–water partition coefficient (Wildman–Crippen LogP) is 1.99. The third-order valence-electron chi connectivity index (χ3n) is 2.48. The van der Waals surface area contributed by atoms with E-state index in [2.05, 4.69) is 9.71 Å². The Morgan fingerprint density at radius 1 is 1.30 bits per heavy atom. The van der Waals surface area contributed by atoms with E-state index in [1.54, 1.807) is 25.1 Å². The molecule has 1 aromatic heterocycles. The van der Waals surface area contributed by atoms with Gasteiger partial charge < -0.3 is 9.72 Å². The number of hydrogen-bond donors (Lipinski definition) is 2. The first-order valence-corrected chi connectivity index (χ1v) is 7.44. The van der Waals surface area contributed by atoms with Gasteiger partial charge in [-0.2, -0.15) is 0 Å². The molecule has 0 radical (unpaired) electrons. The molecular formula is C13H14N2O4S. The quantitative estimate of drug-likeness (QED) is 0.825. The van der Waals surface area contributed by atoms with Gasteiger partial charge >= 0.3 is 5.97 Å². The van der Waals surface area contributed by atoms with Crippen LogP contribution in [-0.4, -0.2) is 26.0 Å². The molecule has 0 aliphatic rings. The number of esters is 1. The van der Waals surface area contributed by atoms with Crippen LogP contribution in [0.5, 0.6) is 0 Å². The third kappa shape index (κ3) is 3.18. The fraction of sp³-hybridized carbons (Fsp3) is 0.154. The number of hydrogen-bond acceptors (Lipinski definition) is 4. The largest absolute Gasteiger partial charge is 0.461 e. The highest BCUT2D eigenvalue weighted by atomic mass is 32.2. The summed E-state index contributed by atoms with van der Waals surface area (Å²) in [7, 11) is -3.66. The monoisotopic (exact) mass is 294 g/mol. The first-order chi connectivity index (χ1) is 9.53. The molecule has 20 heavy (non-hydrogen) atoms. The van der Waals surface area contributed by atoms with Gasteiger partial charge in [-0.1, -0.05) is 18.2 Å². The van der Waals surface area contributed by atoms with Crippen molar-refractivity contribution in [1.29, 1.82) is 0 Å². The summed E-state index contributed by atoms with van der Waals surface area (Å²) in [6.07, 6.45) is 1.40. The zero-order valence-corrected chi connectivity index (χ0v) is 11.6. The number of benzene rings is 1. The van der Waals surface area contributed by atoms with Crippen LogP contribution in [0.1, 0.15) is 17.4 Å². The molecule has 0 fully saturated rings. The third-order valence-corrected chi connectivity index (χ3v) is 3.88. The Morgan fingerprint density at radius 3 is 2.65 bits per heavy atom. The van der Waals surface area contributed by atoms with E-state index in [1.165, 1.54) is 24.4 Å². The molecule has 0 atom stereocenters. The van der Waals surface area contributed by atoms with Crippen molar-refractivity contribution >= 4 is 21.7 Å². The molecule has 1 aromatic carbocycles. The topological polar surface area (TPSA) is 88.3 Å². The van der Waals surface area contributed by atoms with Crippen molar-refractivity contribution in [3.05, 3.63) is 48.3 Å². The van der Waals surface area contributed by atoms with E-state index in [-0.39, 0.29) is 22.9 Å². The van der Waals surface area contributed by atoms with Crippen LogP contribution in [0.25, 0.3) is 0 Å². The maximum absolute atomic E-state index is 12.1. The Kier molecular flexibility index (Phi) is 4.09. The number of carbonyl (C=O) groups excluding carboxylic acids is 1. The summed E-state index contributed by atoms with van der Waals surface area (Å²) < 4.78 is 31.3. The molecule has 106 valence electrons. The Bertz CT molecular complexity index is 692. The normalized spacial score (nSPS) is 11.1. The molecular weight excluding hydrogens is 280 g/mol. The first kappa shape index (κ1) is 14.1. The second-order valence-corrected chi connectivity index (χ2v) is 5.62. The van der Waals surface area contributed by atoms with Crippen LogP contribution in [0.3, 0.4) is 0 Å². The Labute approximate surface area is 116 Å². The van der Waals surface area contributed by atoms with Gasteiger partial charge in [0.25, 0.3) is 10.0 Å². The molecule has 0 aliphatic carbocycles. The molecule has 0 aliphatic heterocycles. The average Bonchev–Trinajstić information content (AvgIpc) is 2.88. The number of sulfonamides is 1. The molecule has 0 spiro atoms. The van der Waals surface area contributed by atoms with E-state index in [0.29, 0.717) is 0 Å². The maximum atomic E-state index is 12.1. The number of anilines is 1. The Morgan fingerprint density at radius 2 is 2.00 bits per heavy atom. The summed E-state index contributed by atoms with van der Waals surface area (Å²) in [5, 5.41) is 0. The highest BCUT2D eigenvalue weighted by molar-refractivity contribution is 7.92. The second kappa shape index (κ2) is 5.79. The van der Waals surface area contributed by atoms with Crippen LogP contribution in [0.4, 0.5) is 5.69 Å². The van der Waals surface area contributed by atoms with Gasteiger partial charge in [0.05, 0.1) is 17.2 Å². The molecule has 0 saturated heterocycles. The number of aromatic amines is 1. The molecule has 1 heterocycles. The predicted molar refractivity (Wildman–Crippen MR) is 74.0 cm³/mol. The number of H-pyrrole nitrogens is 1. The molecule has 7 heteroatoms. The molecule has 0 unspecified atom stereocenters. The minimum Gasteiger partial charge on any atom is -0.461 e. The lowest BCUT2D eigenvalue weighted by molar-refractivity contribution is 0.0520. The van der Waals surface area contributed by atoms with Crippen LogP contribution in [0.2, 0.25) is 0 Å². The molecule has 6 nitrogen and oxygen atoms in total. The van der Waals surface area contributed by atoms with E-state index in [1.807, 2.05) is 0 Å². The summed E-state index contributed by atoms with van der Waals surface area (Å²) in [5.41, 5.74) is 0.467. The summed E-state index contributed by atoms with van der Waals surface area (Å²) in [6.45, 7) is 1.95. The number of rotatable bonds is 5. The van der Waals surface area contributed by atoms with E-state index in [4.69, 9.17) is 4.74 Å². The van der Waals surface area contributed by atoms with Crippen molar-refractivity contribution in [3.63, 3.8) is 0 Å². The second-order valence-electron chi connectivity index (χ2n) is 3.94. The Hall–Kier alpha value is -2.28. The highest BCUT2D eigenvalue weighted by Crippen LogP contribution is 2.17. The van der Waals surface area contributed by atoms with Gasteiger partial charge in [-0.15, -0.1) is 0 Å². The molecule has 2 rings (SSSR count). The van der Waals surface area contributed by atoms with E-state index >= 15 is 0 Å². The minimum atomic E-state index is -3.66. The fourth-order valence-corrected chi connectivity index (χ4v) is 2.66. The zero-order valence-electron chi connectivity index (χ0n) is 10.8. The number of carbonyl (C=O) groups is 1. The van der Waals surface area contributed by atoms with E-state index in [0.717, 1.165) is 0 Å². The summed E-state index contributed by atoms with van der Waals surface area (Å²) in [6, 6.07) is 9.36. The number of aromatic nitrogens is 1. The highest BCUT2D eigenvalue weighted by Gasteiger charge is 2.16. The zero-order chi connectivity index (χ0) is 14.6. The SMILES string of the molecule is CCOC(=O)c1cc(NS(=O)(=O)c2ccccc2)c[nH]1. The molecule has 0 saturated carbocycles. The number of ether oxygens (including phenoxy) is 1. The van der Waals surface area contributed by atoms with Crippen molar-refractivity contribution in [2.75, 3.05) is 11.3 Å². The number of nitrogens with one attached hydrogen (secondary N) is 2. The average molecular weight is 294 g/mol. The molecule has 0 bridgehead atoms. The van der Waals surface area contributed by atoms with Gasteiger partial charge in [-0.05, 0) is 25.1 Å². The van der Waals surface area contributed by atoms with Crippen LogP contribution in [-0.2, 0) is 14.8 Å². The van der Waals surface area contributed by atoms with E-state index in [9.17, 15) is 13.2 Å². The molecule has 0 amide bonds. The summed E-state index contributed by atoms with van der Waals surface area (Å²) >= 11 is 0. The van der Waals surface area contributed by atoms with Crippen molar-refractivity contribution in [2.24, 2.45) is 0 Å². The van der Waals surface area contributed by atoms with Gasteiger partial charge in [-0.25, -0.2) is 13.2 Å². The van der Waals surface area contributed by atoms with Crippen LogP contribution in [0, 0.1) is 0 Å². The lowest BCUT2D eigenvalue weighted by Crippen LogP contribution is -2.12. The van der Waals surface area contributed by atoms with Gasteiger partial charge in [0.2, 0.25) is 0 Å². The molecule has 2 aromatic rings. The minimum absolute atomic E-state index is 0.152. The van der Waals surface area contributed by atoms with Crippen molar-refractivity contribution in [3.8, 4) is 0 Å².